The van der Waals surface area contributed by atoms with Crippen LogP contribution in [0.3, 0.4) is 0 Å². The molecular weight excluding hydrogens is 272 g/mol. The van der Waals surface area contributed by atoms with Crippen molar-refractivity contribution in [2.75, 3.05) is 13.2 Å². The van der Waals surface area contributed by atoms with Gasteiger partial charge in [-0.05, 0) is 31.2 Å². The number of nitrogens with one attached hydrogen (secondary N) is 1. The summed E-state index contributed by atoms with van der Waals surface area (Å²) in [6.45, 7) is 5.00. The molecule has 0 heterocycles. The van der Waals surface area contributed by atoms with E-state index in [1.807, 2.05) is 38.1 Å². The molecule has 0 bridgehead atoms. The second kappa shape index (κ2) is 7.18. The number of ether oxygens (including phenoxy) is 1. The number of halogens is 2. The summed E-state index contributed by atoms with van der Waals surface area (Å²) < 4.78 is 32.2. The molecule has 0 saturated heterocycles. The van der Waals surface area contributed by atoms with Gasteiger partial charge in [0, 0.05) is 0 Å². The Morgan fingerprint density at radius 1 is 1.10 bits per heavy atom. The number of rotatable bonds is 6. The zero-order valence-corrected chi connectivity index (χ0v) is 12.2. The molecule has 112 valence electrons. The van der Waals surface area contributed by atoms with E-state index in [0.717, 1.165) is 18.2 Å². The van der Waals surface area contributed by atoms with Crippen LogP contribution in [-0.4, -0.2) is 13.2 Å². The Kier molecular flexibility index (Phi) is 5.28. The second-order valence-corrected chi connectivity index (χ2v) is 4.88. The number of hydrogen-bond acceptors (Lipinski definition) is 2. The average Bonchev–Trinajstić information content (AvgIpc) is 2.48. The standard InChI is InChI=1S/C17H19F2NO/c1-3-20-15(13-9-7-12(2)8-10-13)11-21-16-6-4-5-14(18)17(16)19/h4-10,15,20H,3,11H2,1-2H3. The molecule has 0 aliphatic carbocycles. The summed E-state index contributed by atoms with van der Waals surface area (Å²) in [5.41, 5.74) is 2.23. The smallest absolute Gasteiger partial charge is 0.200 e. The molecule has 0 aliphatic heterocycles. The van der Waals surface area contributed by atoms with Crippen LogP contribution in [0.1, 0.15) is 24.1 Å². The number of likely N-dealkylation sites (N-methyl/N-ethyl adjacent to an activating group) is 1. The van der Waals surface area contributed by atoms with Crippen LogP contribution in [0.2, 0.25) is 0 Å². The normalized spacial score (nSPS) is 12.2. The van der Waals surface area contributed by atoms with Gasteiger partial charge in [0.2, 0.25) is 5.82 Å². The third kappa shape index (κ3) is 4.02. The first-order chi connectivity index (χ1) is 10.1. The Morgan fingerprint density at radius 3 is 2.48 bits per heavy atom. The molecule has 0 amide bonds. The monoisotopic (exact) mass is 291 g/mol. The zero-order chi connectivity index (χ0) is 15.2. The lowest BCUT2D eigenvalue weighted by atomic mass is 10.1. The summed E-state index contributed by atoms with van der Waals surface area (Å²) in [5.74, 6) is -1.91. The van der Waals surface area contributed by atoms with Crippen molar-refractivity contribution in [3.63, 3.8) is 0 Å². The molecule has 2 aromatic carbocycles. The molecule has 0 aliphatic rings. The first kappa shape index (κ1) is 15.4. The van der Waals surface area contributed by atoms with Gasteiger partial charge in [-0.2, -0.15) is 4.39 Å². The molecule has 4 heteroatoms. The average molecular weight is 291 g/mol. The highest BCUT2D eigenvalue weighted by atomic mass is 19.2. The molecule has 0 fully saturated rings. The Morgan fingerprint density at radius 2 is 1.81 bits per heavy atom. The van der Waals surface area contributed by atoms with Crippen molar-refractivity contribution in [1.82, 2.24) is 5.32 Å². The van der Waals surface area contributed by atoms with Crippen LogP contribution in [0, 0.1) is 18.6 Å². The second-order valence-electron chi connectivity index (χ2n) is 4.88. The SMILES string of the molecule is CCNC(COc1cccc(F)c1F)c1ccc(C)cc1. The lowest BCUT2D eigenvalue weighted by Gasteiger charge is -2.19. The van der Waals surface area contributed by atoms with Crippen LogP contribution < -0.4 is 10.1 Å². The van der Waals surface area contributed by atoms with E-state index < -0.39 is 11.6 Å². The predicted octanol–water partition coefficient (Wildman–Crippen LogP) is 4.00. The van der Waals surface area contributed by atoms with Crippen molar-refractivity contribution in [1.29, 1.82) is 0 Å². The maximum Gasteiger partial charge on any atom is 0.200 e. The highest BCUT2D eigenvalue weighted by Crippen LogP contribution is 2.21. The van der Waals surface area contributed by atoms with E-state index in [9.17, 15) is 8.78 Å². The van der Waals surface area contributed by atoms with Gasteiger partial charge in [0.1, 0.15) is 6.61 Å². The molecule has 1 N–H and O–H groups in total. The quantitative estimate of drug-likeness (QED) is 0.868. The summed E-state index contributed by atoms with van der Waals surface area (Å²) >= 11 is 0. The van der Waals surface area contributed by atoms with Crippen molar-refractivity contribution in [2.24, 2.45) is 0 Å². The lowest BCUT2D eigenvalue weighted by molar-refractivity contribution is 0.253. The minimum absolute atomic E-state index is 0.0648. The molecule has 0 aromatic heterocycles. The van der Waals surface area contributed by atoms with Gasteiger partial charge in [-0.15, -0.1) is 0 Å². The van der Waals surface area contributed by atoms with Gasteiger partial charge in [0.05, 0.1) is 6.04 Å². The van der Waals surface area contributed by atoms with Crippen molar-refractivity contribution in [3.05, 3.63) is 65.2 Å². The predicted molar refractivity (Wildman–Crippen MR) is 79.4 cm³/mol. The van der Waals surface area contributed by atoms with Crippen LogP contribution in [-0.2, 0) is 0 Å². The fraction of sp³-hybridized carbons (Fsp3) is 0.294. The third-order valence-corrected chi connectivity index (χ3v) is 3.25. The molecular formula is C17H19F2NO. The maximum absolute atomic E-state index is 13.6. The van der Waals surface area contributed by atoms with Crippen LogP contribution in [0.4, 0.5) is 8.78 Å². The van der Waals surface area contributed by atoms with Gasteiger partial charge in [-0.3, -0.25) is 0 Å². The minimum atomic E-state index is -0.948. The first-order valence-electron chi connectivity index (χ1n) is 6.98. The molecule has 21 heavy (non-hydrogen) atoms. The lowest BCUT2D eigenvalue weighted by Crippen LogP contribution is -2.26. The van der Waals surface area contributed by atoms with Crippen molar-refractivity contribution < 1.29 is 13.5 Å². The van der Waals surface area contributed by atoms with Crippen LogP contribution >= 0.6 is 0 Å². The maximum atomic E-state index is 13.6. The topological polar surface area (TPSA) is 21.3 Å². The van der Waals surface area contributed by atoms with Gasteiger partial charge in [0.25, 0.3) is 0 Å². The van der Waals surface area contributed by atoms with E-state index in [-0.39, 0.29) is 18.4 Å². The van der Waals surface area contributed by atoms with Gasteiger partial charge in [0.15, 0.2) is 11.6 Å². The fourth-order valence-electron chi connectivity index (χ4n) is 2.09. The van der Waals surface area contributed by atoms with E-state index in [1.54, 1.807) is 0 Å². The summed E-state index contributed by atoms with van der Waals surface area (Å²) in [5, 5.41) is 3.28. The van der Waals surface area contributed by atoms with E-state index in [0.29, 0.717) is 0 Å². The highest BCUT2D eigenvalue weighted by Gasteiger charge is 2.14. The van der Waals surface area contributed by atoms with Crippen molar-refractivity contribution >= 4 is 0 Å². The Bertz CT molecular complexity index is 584. The summed E-state index contributed by atoms with van der Waals surface area (Å²) in [6.07, 6.45) is 0. The van der Waals surface area contributed by atoms with Gasteiger partial charge >= 0.3 is 0 Å². The summed E-state index contributed by atoms with van der Waals surface area (Å²) in [7, 11) is 0. The Balaban J connectivity index is 2.09. The minimum Gasteiger partial charge on any atom is -0.488 e. The van der Waals surface area contributed by atoms with Crippen molar-refractivity contribution in [2.45, 2.75) is 19.9 Å². The molecule has 0 spiro atoms. The van der Waals surface area contributed by atoms with Crippen molar-refractivity contribution in [3.8, 4) is 5.75 Å². The fourth-order valence-corrected chi connectivity index (χ4v) is 2.09. The summed E-state index contributed by atoms with van der Waals surface area (Å²) in [4.78, 5) is 0. The van der Waals surface area contributed by atoms with E-state index in [2.05, 4.69) is 5.32 Å². The summed E-state index contributed by atoms with van der Waals surface area (Å²) in [6, 6.07) is 11.9. The molecule has 0 radical (unpaired) electrons. The molecule has 0 saturated carbocycles. The molecule has 1 unspecified atom stereocenters. The molecule has 2 aromatic rings. The van der Waals surface area contributed by atoms with Crippen LogP contribution in [0.15, 0.2) is 42.5 Å². The number of benzene rings is 2. The Hall–Kier alpha value is -1.94. The third-order valence-electron chi connectivity index (χ3n) is 3.25. The largest absolute Gasteiger partial charge is 0.488 e. The van der Waals surface area contributed by atoms with E-state index in [1.165, 1.54) is 17.7 Å². The van der Waals surface area contributed by atoms with Crippen LogP contribution in [0.25, 0.3) is 0 Å². The molecule has 2 rings (SSSR count). The Labute approximate surface area is 123 Å². The number of aryl methyl sites for hydroxylation is 1. The molecule has 1 atom stereocenters. The number of hydrogen-bond donors (Lipinski definition) is 1. The van der Waals surface area contributed by atoms with Crippen LogP contribution in [0.5, 0.6) is 5.75 Å². The first-order valence-corrected chi connectivity index (χ1v) is 6.98. The van der Waals surface area contributed by atoms with Gasteiger partial charge < -0.3 is 10.1 Å². The van der Waals surface area contributed by atoms with Gasteiger partial charge in [-0.1, -0.05) is 42.8 Å². The zero-order valence-electron chi connectivity index (χ0n) is 12.2. The van der Waals surface area contributed by atoms with E-state index in [4.69, 9.17) is 4.74 Å². The van der Waals surface area contributed by atoms with E-state index >= 15 is 0 Å². The highest BCUT2D eigenvalue weighted by molar-refractivity contribution is 5.27. The van der Waals surface area contributed by atoms with Gasteiger partial charge in [-0.25, -0.2) is 4.39 Å². The molecule has 2 nitrogen and oxygen atoms in total.